The first-order valence-electron chi connectivity index (χ1n) is 12.7. The van der Waals surface area contributed by atoms with Gasteiger partial charge in [0.15, 0.2) is 0 Å². The van der Waals surface area contributed by atoms with Crippen molar-refractivity contribution in [2.24, 2.45) is 0 Å². The van der Waals surface area contributed by atoms with E-state index in [9.17, 15) is 30.2 Å². The van der Waals surface area contributed by atoms with E-state index < -0.39 is 48.4 Å². The van der Waals surface area contributed by atoms with Gasteiger partial charge in [-0.25, -0.2) is 17.0 Å². The molecule has 42 heavy (non-hydrogen) atoms. The summed E-state index contributed by atoms with van der Waals surface area (Å²) in [6.45, 7) is 1.53. The van der Waals surface area contributed by atoms with E-state index in [2.05, 4.69) is 5.87 Å². The molecule has 4 rings (SSSR count). The molecule has 0 fully saturated rings. The van der Waals surface area contributed by atoms with E-state index in [0.29, 0.717) is 30.0 Å². The number of ether oxygens (including phenoxy) is 1. The smallest absolute Gasteiger partial charge is 0.416 e. The molecule has 3 aromatic carbocycles. The molecule has 0 saturated carbocycles. The zero-order valence-corrected chi connectivity index (χ0v) is 25.0. The van der Waals surface area contributed by atoms with Crippen molar-refractivity contribution < 1.29 is 39.1 Å². The van der Waals surface area contributed by atoms with E-state index in [0.717, 1.165) is 22.5 Å². The summed E-state index contributed by atoms with van der Waals surface area (Å²) in [4.78, 5) is -0.537. The normalized spacial score (nSPS) is 17.4. The van der Waals surface area contributed by atoms with Crippen LogP contribution >= 0.6 is 11.6 Å². The van der Waals surface area contributed by atoms with Crippen molar-refractivity contribution >= 4 is 54.6 Å². The third-order valence-electron chi connectivity index (χ3n) is 6.41. The number of sulfonamides is 1. The minimum atomic E-state index is -4.74. The van der Waals surface area contributed by atoms with Gasteiger partial charge in [0.2, 0.25) is 0 Å². The van der Waals surface area contributed by atoms with Crippen LogP contribution in [-0.2, 0) is 30.2 Å². The molecule has 0 N–H and O–H groups in total. The Hall–Kier alpha value is -3.06. The Kier molecular flexibility index (Phi) is 9.31. The number of alkyl halides is 3. The largest absolute Gasteiger partial charge is 0.486 e. The van der Waals surface area contributed by atoms with Crippen molar-refractivity contribution in [1.82, 2.24) is 0 Å². The summed E-state index contributed by atoms with van der Waals surface area (Å²) in [5.41, 5.74) is 0.144. The predicted molar refractivity (Wildman–Crippen MR) is 158 cm³/mol. The first-order valence-corrected chi connectivity index (χ1v) is 16.5. The lowest BCUT2D eigenvalue weighted by atomic mass is 10.0. The summed E-state index contributed by atoms with van der Waals surface area (Å²) in [5, 5.41) is 0.198. The molecule has 226 valence electrons. The highest BCUT2D eigenvalue weighted by Gasteiger charge is 2.37. The molecule has 13 heteroatoms. The molecule has 0 amide bonds. The molecule has 2 atom stereocenters. The second-order valence-electron chi connectivity index (χ2n) is 9.84. The Morgan fingerprint density at radius 2 is 1.86 bits per heavy atom. The van der Waals surface area contributed by atoms with E-state index in [1.807, 2.05) is 0 Å². The van der Waals surface area contributed by atoms with Gasteiger partial charge in [0.1, 0.15) is 17.7 Å². The van der Waals surface area contributed by atoms with Crippen LogP contribution in [0.5, 0.6) is 5.75 Å². The number of fused-ring (bicyclic) bond motifs is 1. The number of anilines is 1. The highest BCUT2D eigenvalue weighted by molar-refractivity contribution is 7.95. The van der Waals surface area contributed by atoms with Gasteiger partial charge in [-0.05, 0) is 79.2 Å². The van der Waals surface area contributed by atoms with E-state index in [-0.39, 0.29) is 35.2 Å². The molecular weight excluding hydrogens is 618 g/mol. The Balaban J connectivity index is 1.74. The van der Waals surface area contributed by atoms with Gasteiger partial charge in [0, 0.05) is 11.8 Å². The minimum absolute atomic E-state index is 0.0908. The standard InChI is InChI=1S/C29H28ClF4NO5S2/c1-19(28-24(30)10-5-11-25(28)31)15-20-12-13-27-26(16-20)35(18-22(40-27)8-6-14-39-41(2,3)36)42(37,38)23-9-4-7-21(17-23)29(32,33)34/h4-5,7,9-13,15-17,22H,2,6,8,14,18H2,1,3H3. The van der Waals surface area contributed by atoms with Crippen LogP contribution in [0, 0.1) is 5.82 Å². The van der Waals surface area contributed by atoms with Crippen LogP contribution in [0.1, 0.15) is 36.5 Å². The lowest BCUT2D eigenvalue weighted by molar-refractivity contribution is -0.137. The summed E-state index contributed by atoms with van der Waals surface area (Å²) < 4.78 is 106. The molecule has 0 spiro atoms. The van der Waals surface area contributed by atoms with Gasteiger partial charge in [-0.1, -0.05) is 35.9 Å². The lowest BCUT2D eigenvalue weighted by Gasteiger charge is -2.36. The fourth-order valence-electron chi connectivity index (χ4n) is 4.50. The van der Waals surface area contributed by atoms with Crippen LogP contribution < -0.4 is 9.04 Å². The lowest BCUT2D eigenvalue weighted by Crippen LogP contribution is -2.43. The molecule has 6 nitrogen and oxygen atoms in total. The SMILES string of the molecule is C=S(C)(=O)OCCCC1CN(S(=O)(=O)c2cccc(C(F)(F)F)c2)c2cc(C=C(C)c3c(F)cccc3Cl)ccc2O1. The average molecular weight is 646 g/mol. The summed E-state index contributed by atoms with van der Waals surface area (Å²) in [5.74, 6) is 3.08. The first-order chi connectivity index (χ1) is 19.6. The first kappa shape index (κ1) is 31.9. The van der Waals surface area contributed by atoms with Crippen LogP contribution in [0.3, 0.4) is 0 Å². The molecule has 1 aliphatic rings. The molecule has 0 radical (unpaired) electrons. The molecule has 1 heterocycles. The summed E-state index contributed by atoms with van der Waals surface area (Å²) in [6, 6.07) is 12.5. The minimum Gasteiger partial charge on any atom is -0.486 e. The Morgan fingerprint density at radius 3 is 2.52 bits per heavy atom. The number of nitrogens with zero attached hydrogens (tertiary/aromatic N) is 1. The maximum Gasteiger partial charge on any atom is 0.416 e. The topological polar surface area (TPSA) is 72.9 Å². The van der Waals surface area contributed by atoms with E-state index >= 15 is 0 Å². The van der Waals surface area contributed by atoms with Crippen molar-refractivity contribution in [3.8, 4) is 5.75 Å². The van der Waals surface area contributed by atoms with Gasteiger partial charge >= 0.3 is 6.18 Å². The quantitative estimate of drug-likeness (QED) is 0.108. The molecular formula is C29H28ClF4NO5S2. The fraction of sp³-hybridized carbons (Fsp3) is 0.276. The van der Waals surface area contributed by atoms with Crippen molar-refractivity contribution in [1.29, 1.82) is 0 Å². The van der Waals surface area contributed by atoms with Crippen LogP contribution in [0.4, 0.5) is 23.2 Å². The van der Waals surface area contributed by atoms with Gasteiger partial charge in [0.05, 0.1) is 44.1 Å². The van der Waals surface area contributed by atoms with Crippen LogP contribution in [0.15, 0.2) is 65.6 Å². The number of hydrogen-bond acceptors (Lipinski definition) is 5. The van der Waals surface area contributed by atoms with E-state index in [1.54, 1.807) is 31.2 Å². The van der Waals surface area contributed by atoms with Gasteiger partial charge in [-0.15, -0.1) is 0 Å². The van der Waals surface area contributed by atoms with Gasteiger partial charge < -0.3 is 4.74 Å². The highest BCUT2D eigenvalue weighted by Crippen LogP contribution is 2.40. The summed E-state index contributed by atoms with van der Waals surface area (Å²) in [6.07, 6.45) is -1.80. The van der Waals surface area contributed by atoms with Crippen molar-refractivity contribution in [3.63, 3.8) is 0 Å². The number of benzene rings is 3. The maximum atomic E-state index is 14.5. The zero-order chi connectivity index (χ0) is 30.9. The van der Waals surface area contributed by atoms with Crippen LogP contribution in [0.25, 0.3) is 11.6 Å². The summed E-state index contributed by atoms with van der Waals surface area (Å²) >= 11 is 6.20. The van der Waals surface area contributed by atoms with Crippen LogP contribution in [0.2, 0.25) is 5.02 Å². The van der Waals surface area contributed by atoms with Gasteiger partial charge in [-0.2, -0.15) is 13.2 Å². The molecule has 0 bridgehead atoms. The van der Waals surface area contributed by atoms with Gasteiger partial charge in [-0.3, -0.25) is 8.49 Å². The summed E-state index contributed by atoms with van der Waals surface area (Å²) in [7, 11) is -7.17. The Bertz CT molecular complexity index is 1700. The molecule has 2 unspecified atom stereocenters. The Morgan fingerprint density at radius 1 is 1.14 bits per heavy atom. The van der Waals surface area contributed by atoms with Crippen molar-refractivity contribution in [2.45, 2.75) is 36.9 Å². The molecule has 1 aliphatic heterocycles. The average Bonchev–Trinajstić information content (AvgIpc) is 2.89. The third kappa shape index (κ3) is 7.47. The number of allylic oxidation sites excluding steroid dienone is 1. The van der Waals surface area contributed by atoms with E-state index in [4.69, 9.17) is 20.5 Å². The second-order valence-corrected chi connectivity index (χ2v) is 14.2. The van der Waals surface area contributed by atoms with E-state index in [1.165, 1.54) is 24.5 Å². The number of hydrogen-bond donors (Lipinski definition) is 0. The van der Waals surface area contributed by atoms with Crippen molar-refractivity contribution in [2.75, 3.05) is 23.7 Å². The predicted octanol–water partition coefficient (Wildman–Crippen LogP) is 7.07. The molecule has 0 aromatic heterocycles. The molecule has 3 aromatic rings. The monoisotopic (exact) mass is 645 g/mol. The second kappa shape index (κ2) is 12.3. The maximum absolute atomic E-state index is 14.5. The number of halogens is 5. The van der Waals surface area contributed by atoms with Crippen LogP contribution in [-0.4, -0.2) is 44.0 Å². The fourth-order valence-corrected chi connectivity index (χ4v) is 6.83. The highest BCUT2D eigenvalue weighted by atomic mass is 35.5. The van der Waals surface area contributed by atoms with Crippen molar-refractivity contribution in [3.05, 3.63) is 88.2 Å². The third-order valence-corrected chi connectivity index (χ3v) is 9.16. The molecule has 0 aliphatic carbocycles. The number of rotatable bonds is 9. The van der Waals surface area contributed by atoms with Gasteiger partial charge in [0.25, 0.3) is 10.0 Å². The zero-order valence-electron chi connectivity index (χ0n) is 22.7. The molecule has 0 saturated heterocycles. The Labute approximate surface area is 247 Å².